The van der Waals surface area contributed by atoms with Crippen LogP contribution in [0.2, 0.25) is 0 Å². The molecule has 1 heterocycles. The largest absolute Gasteiger partial charge is 0.332 e. The first-order chi connectivity index (χ1) is 5.68. The number of rotatable bonds is 1. The highest BCUT2D eigenvalue weighted by Crippen LogP contribution is 2.33. The van der Waals surface area contributed by atoms with E-state index in [4.69, 9.17) is 0 Å². The van der Waals surface area contributed by atoms with Crippen LogP contribution in [0.15, 0.2) is 12.3 Å². The van der Waals surface area contributed by atoms with E-state index in [-0.39, 0.29) is 6.03 Å². The van der Waals surface area contributed by atoms with Crippen molar-refractivity contribution < 1.29 is 4.79 Å². The first-order valence-electron chi connectivity index (χ1n) is 4.43. The topological polar surface area (TPSA) is 32.3 Å². The number of carbonyl (C=O) groups excluding carboxylic acids is 1. The van der Waals surface area contributed by atoms with Crippen molar-refractivity contribution in [3.63, 3.8) is 0 Å². The molecule has 1 saturated heterocycles. The van der Waals surface area contributed by atoms with Gasteiger partial charge in [-0.3, -0.25) is 4.90 Å². The lowest BCUT2D eigenvalue weighted by molar-refractivity contribution is 0.142. The zero-order valence-electron chi connectivity index (χ0n) is 7.34. The molecule has 1 N–H and O–H groups in total. The first kappa shape index (κ1) is 7.65. The Bertz CT molecular complexity index is 215. The molecule has 0 aromatic heterocycles. The van der Waals surface area contributed by atoms with Crippen LogP contribution in [0.25, 0.3) is 0 Å². The summed E-state index contributed by atoms with van der Waals surface area (Å²) in [4.78, 5) is 13.1. The maximum absolute atomic E-state index is 11.3. The molecule has 0 aromatic rings. The lowest BCUT2D eigenvalue weighted by Crippen LogP contribution is -2.44. The Morgan fingerprint density at radius 1 is 1.58 bits per heavy atom. The van der Waals surface area contributed by atoms with Crippen LogP contribution in [0.5, 0.6) is 0 Å². The Labute approximate surface area is 72.4 Å². The third kappa shape index (κ3) is 1.00. The summed E-state index contributed by atoms with van der Waals surface area (Å²) >= 11 is 0. The van der Waals surface area contributed by atoms with E-state index in [0.717, 1.165) is 24.5 Å². The Morgan fingerprint density at radius 3 is 2.67 bits per heavy atom. The van der Waals surface area contributed by atoms with Gasteiger partial charge in [0, 0.05) is 11.7 Å². The predicted molar refractivity (Wildman–Crippen MR) is 46.6 cm³/mol. The summed E-state index contributed by atoms with van der Waals surface area (Å²) in [6.45, 7) is 6.70. The number of hydrogen-bond acceptors (Lipinski definition) is 1. The van der Waals surface area contributed by atoms with E-state index in [1.807, 2.05) is 4.90 Å². The molecule has 2 fully saturated rings. The fourth-order valence-electron chi connectivity index (χ4n) is 1.99. The Kier molecular flexibility index (Phi) is 1.60. The van der Waals surface area contributed by atoms with E-state index in [1.165, 1.54) is 0 Å². The van der Waals surface area contributed by atoms with Gasteiger partial charge in [-0.1, -0.05) is 13.5 Å². The van der Waals surface area contributed by atoms with Crippen LogP contribution in [0.1, 0.15) is 19.8 Å². The Balaban J connectivity index is 2.03. The summed E-state index contributed by atoms with van der Waals surface area (Å²) in [7, 11) is 0. The van der Waals surface area contributed by atoms with Gasteiger partial charge in [0.2, 0.25) is 0 Å². The summed E-state index contributed by atoms with van der Waals surface area (Å²) in [6.07, 6.45) is 2.26. The summed E-state index contributed by atoms with van der Waals surface area (Å²) in [6, 6.07) is 0.465. The fraction of sp³-hybridized carbons (Fsp3) is 0.667. The predicted octanol–water partition coefficient (Wildman–Crippen LogP) is 1.32. The minimum absolute atomic E-state index is 0.0388. The van der Waals surface area contributed by atoms with E-state index in [9.17, 15) is 4.79 Å². The summed E-state index contributed by atoms with van der Waals surface area (Å²) in [5.74, 6) is 0.774. The van der Waals surface area contributed by atoms with Crippen LogP contribution in [0.3, 0.4) is 0 Å². The van der Waals surface area contributed by atoms with Crippen LogP contribution < -0.4 is 5.32 Å². The lowest BCUT2D eigenvalue weighted by atomic mass is 9.81. The average molecular weight is 166 g/mol. The molecule has 12 heavy (non-hydrogen) atoms. The SMILES string of the molecule is C=C1CNC(=O)N1C1CC(C)C1. The van der Waals surface area contributed by atoms with Crippen molar-refractivity contribution in [1.82, 2.24) is 10.2 Å². The minimum atomic E-state index is 0.0388. The van der Waals surface area contributed by atoms with Gasteiger partial charge in [-0.15, -0.1) is 0 Å². The van der Waals surface area contributed by atoms with E-state index < -0.39 is 0 Å². The molecule has 0 atom stereocenters. The van der Waals surface area contributed by atoms with Crippen molar-refractivity contribution in [3.05, 3.63) is 12.3 Å². The van der Waals surface area contributed by atoms with E-state index in [1.54, 1.807) is 0 Å². The van der Waals surface area contributed by atoms with Gasteiger partial charge in [0.1, 0.15) is 0 Å². The van der Waals surface area contributed by atoms with E-state index in [0.29, 0.717) is 12.6 Å². The van der Waals surface area contributed by atoms with Crippen LogP contribution in [0, 0.1) is 5.92 Å². The Hall–Kier alpha value is -0.990. The number of nitrogens with one attached hydrogen (secondary N) is 1. The molecule has 0 radical (unpaired) electrons. The summed E-state index contributed by atoms with van der Waals surface area (Å²) < 4.78 is 0. The molecule has 2 aliphatic rings. The van der Waals surface area contributed by atoms with Gasteiger partial charge in [0.15, 0.2) is 0 Å². The molecular formula is C9H14N2O. The van der Waals surface area contributed by atoms with Crippen LogP contribution in [-0.2, 0) is 0 Å². The average Bonchev–Trinajstić information content (AvgIpc) is 2.26. The number of urea groups is 1. The standard InChI is InChI=1S/C9H14N2O/c1-6-3-8(4-6)11-7(2)5-10-9(11)12/h6,8H,2-5H2,1H3,(H,10,12). The van der Waals surface area contributed by atoms with Crippen molar-refractivity contribution in [2.75, 3.05) is 6.54 Å². The highest BCUT2D eigenvalue weighted by Gasteiger charge is 2.37. The van der Waals surface area contributed by atoms with E-state index >= 15 is 0 Å². The van der Waals surface area contributed by atoms with Gasteiger partial charge < -0.3 is 5.32 Å². The molecule has 0 spiro atoms. The van der Waals surface area contributed by atoms with Crippen LogP contribution in [-0.4, -0.2) is 23.5 Å². The molecule has 2 rings (SSSR count). The van der Waals surface area contributed by atoms with E-state index in [2.05, 4.69) is 18.8 Å². The number of hydrogen-bond donors (Lipinski definition) is 1. The van der Waals surface area contributed by atoms with Crippen LogP contribution in [0.4, 0.5) is 4.79 Å². The maximum atomic E-state index is 11.3. The normalized spacial score (nSPS) is 34.9. The highest BCUT2D eigenvalue weighted by atomic mass is 16.2. The molecule has 1 saturated carbocycles. The Morgan fingerprint density at radius 2 is 2.25 bits per heavy atom. The monoisotopic (exact) mass is 166 g/mol. The third-order valence-corrected chi connectivity index (χ3v) is 2.72. The first-order valence-corrected chi connectivity index (χ1v) is 4.43. The van der Waals surface area contributed by atoms with Crippen LogP contribution >= 0.6 is 0 Å². The lowest BCUT2D eigenvalue weighted by Gasteiger charge is -2.39. The fourth-order valence-corrected chi connectivity index (χ4v) is 1.99. The zero-order valence-corrected chi connectivity index (χ0v) is 7.34. The second-order valence-corrected chi connectivity index (χ2v) is 3.83. The second-order valence-electron chi connectivity index (χ2n) is 3.83. The van der Waals surface area contributed by atoms with Gasteiger partial charge >= 0.3 is 6.03 Å². The quantitative estimate of drug-likeness (QED) is 0.626. The van der Waals surface area contributed by atoms with Crippen molar-refractivity contribution in [2.24, 2.45) is 5.92 Å². The van der Waals surface area contributed by atoms with Crippen molar-refractivity contribution >= 4 is 6.03 Å². The van der Waals surface area contributed by atoms with Crippen molar-refractivity contribution in [1.29, 1.82) is 0 Å². The molecule has 1 aliphatic carbocycles. The molecule has 66 valence electrons. The van der Waals surface area contributed by atoms with Gasteiger partial charge in [0.25, 0.3) is 0 Å². The van der Waals surface area contributed by atoms with Gasteiger partial charge in [-0.05, 0) is 18.8 Å². The summed E-state index contributed by atoms with van der Waals surface area (Å²) in [5.41, 5.74) is 0.928. The smallest absolute Gasteiger partial charge is 0.322 e. The van der Waals surface area contributed by atoms with Crippen molar-refractivity contribution in [2.45, 2.75) is 25.8 Å². The second kappa shape index (κ2) is 2.51. The number of amides is 2. The number of carbonyl (C=O) groups is 1. The molecule has 1 aliphatic heterocycles. The molecule has 0 bridgehead atoms. The molecule has 3 nitrogen and oxygen atoms in total. The maximum Gasteiger partial charge on any atom is 0.322 e. The van der Waals surface area contributed by atoms with Gasteiger partial charge in [0.05, 0.1) is 6.54 Å². The number of nitrogens with zero attached hydrogens (tertiary/aromatic N) is 1. The molecule has 2 amide bonds. The molecule has 0 unspecified atom stereocenters. The molecule has 3 heteroatoms. The molecular weight excluding hydrogens is 152 g/mol. The zero-order chi connectivity index (χ0) is 8.72. The van der Waals surface area contributed by atoms with Gasteiger partial charge in [-0.2, -0.15) is 0 Å². The third-order valence-electron chi connectivity index (χ3n) is 2.72. The highest BCUT2D eigenvalue weighted by molar-refractivity contribution is 5.79. The molecule has 0 aromatic carbocycles. The minimum Gasteiger partial charge on any atom is -0.332 e. The van der Waals surface area contributed by atoms with Crippen molar-refractivity contribution in [3.8, 4) is 0 Å². The van der Waals surface area contributed by atoms with Gasteiger partial charge in [-0.25, -0.2) is 4.79 Å². The summed E-state index contributed by atoms with van der Waals surface area (Å²) in [5, 5.41) is 2.77.